The van der Waals surface area contributed by atoms with Gasteiger partial charge in [-0.15, -0.1) is 0 Å². The van der Waals surface area contributed by atoms with Crippen LogP contribution in [0.25, 0.3) is 0 Å². The Morgan fingerprint density at radius 1 is 0.548 bits per heavy atom. The number of carbonyl (C=O) groups excluding carboxylic acids is 3. The van der Waals surface area contributed by atoms with Crippen molar-refractivity contribution >= 4 is 17.9 Å². The smallest absolute Gasteiger partial charge is 0.339 e. The lowest BCUT2D eigenvalue weighted by Crippen LogP contribution is -2.19. The van der Waals surface area contributed by atoms with Crippen LogP contribution >= 0.6 is 0 Å². The predicted molar refractivity (Wildman–Crippen MR) is 171 cm³/mol. The summed E-state index contributed by atoms with van der Waals surface area (Å²) in [5.74, 6) is -0.588. The topological polar surface area (TPSA) is 78.9 Å². The maximum absolute atomic E-state index is 13.2. The molecule has 0 aliphatic heterocycles. The zero-order valence-corrected chi connectivity index (χ0v) is 28.8. The number of benzene rings is 1. The fourth-order valence-electron chi connectivity index (χ4n) is 5.76. The molecule has 3 atom stereocenters. The van der Waals surface area contributed by atoms with Gasteiger partial charge in [-0.05, 0) is 90.7 Å². The Morgan fingerprint density at radius 2 is 0.881 bits per heavy atom. The average Bonchev–Trinajstić information content (AvgIpc) is 2.80. The summed E-state index contributed by atoms with van der Waals surface area (Å²) in [5.41, 5.74) is 0.924. The summed E-state index contributed by atoms with van der Waals surface area (Å²) in [5, 5.41) is 0. The number of carbonyl (C=O) groups is 3. The van der Waals surface area contributed by atoms with Gasteiger partial charge in [-0.1, -0.05) is 83.1 Å². The van der Waals surface area contributed by atoms with Crippen LogP contribution in [-0.4, -0.2) is 37.7 Å². The molecule has 0 bridgehead atoms. The van der Waals surface area contributed by atoms with Gasteiger partial charge in [-0.25, -0.2) is 14.4 Å². The first-order valence-corrected chi connectivity index (χ1v) is 15.8. The second-order valence-corrected chi connectivity index (χ2v) is 16.1. The van der Waals surface area contributed by atoms with Gasteiger partial charge in [0.25, 0.3) is 0 Å². The first kappa shape index (κ1) is 37.7. The SMILES string of the molecule is CC(CCOC(=O)c1ccc(C(=O)OCCC(C)CC(C)(C)C)c(C(=O)OCCC(C)CC(C)(C)C)c1)CC(C)(C)C. The van der Waals surface area contributed by atoms with Crippen molar-refractivity contribution in [3.8, 4) is 0 Å². The summed E-state index contributed by atoms with van der Waals surface area (Å²) in [6.07, 6.45) is 5.24. The molecule has 0 heterocycles. The first-order chi connectivity index (χ1) is 19.2. The largest absolute Gasteiger partial charge is 0.462 e. The third kappa shape index (κ3) is 16.3. The van der Waals surface area contributed by atoms with Crippen molar-refractivity contribution in [1.29, 1.82) is 0 Å². The van der Waals surface area contributed by atoms with Crippen molar-refractivity contribution in [1.82, 2.24) is 0 Å². The molecule has 240 valence electrons. The van der Waals surface area contributed by atoms with E-state index in [1.807, 2.05) is 0 Å². The highest BCUT2D eigenvalue weighted by Gasteiger charge is 2.24. The lowest BCUT2D eigenvalue weighted by Gasteiger charge is -2.23. The number of hydrogen-bond donors (Lipinski definition) is 0. The molecule has 6 heteroatoms. The zero-order chi connectivity index (χ0) is 32.3. The third-order valence-electron chi connectivity index (χ3n) is 7.11. The number of ether oxygens (including phenoxy) is 3. The molecule has 0 aliphatic rings. The highest BCUT2D eigenvalue weighted by Crippen LogP contribution is 2.28. The highest BCUT2D eigenvalue weighted by molar-refractivity contribution is 6.05. The molecule has 0 N–H and O–H groups in total. The predicted octanol–water partition coefficient (Wildman–Crippen LogP) is 9.54. The summed E-state index contributed by atoms with van der Waals surface area (Å²) >= 11 is 0. The van der Waals surface area contributed by atoms with Gasteiger partial charge in [0.15, 0.2) is 0 Å². The van der Waals surface area contributed by atoms with Gasteiger partial charge in [-0.3, -0.25) is 0 Å². The van der Waals surface area contributed by atoms with Crippen molar-refractivity contribution in [2.24, 2.45) is 34.0 Å². The maximum Gasteiger partial charge on any atom is 0.339 e. The minimum Gasteiger partial charge on any atom is -0.462 e. The van der Waals surface area contributed by atoms with Crippen LogP contribution in [0.4, 0.5) is 0 Å². The summed E-state index contributed by atoms with van der Waals surface area (Å²) in [7, 11) is 0. The Morgan fingerprint density at radius 3 is 1.24 bits per heavy atom. The van der Waals surface area contributed by atoms with Crippen molar-refractivity contribution in [3.05, 3.63) is 34.9 Å². The monoisotopic (exact) mass is 588 g/mol. The van der Waals surface area contributed by atoms with Crippen LogP contribution in [0.5, 0.6) is 0 Å². The normalized spacial score (nSPS) is 14.6. The van der Waals surface area contributed by atoms with E-state index in [0.29, 0.717) is 24.2 Å². The molecule has 1 aromatic rings. The summed E-state index contributed by atoms with van der Waals surface area (Å²) in [6.45, 7) is 26.9. The molecule has 0 saturated carbocycles. The Kier molecular flexibility index (Phi) is 14.8. The molecular weight excluding hydrogens is 528 g/mol. The van der Waals surface area contributed by atoms with Crippen LogP contribution in [0.15, 0.2) is 18.2 Å². The van der Waals surface area contributed by atoms with Crippen molar-refractivity contribution in [2.45, 2.75) is 122 Å². The third-order valence-corrected chi connectivity index (χ3v) is 7.11. The molecule has 0 radical (unpaired) electrons. The van der Waals surface area contributed by atoms with Gasteiger partial charge in [-0.2, -0.15) is 0 Å². The van der Waals surface area contributed by atoms with E-state index in [1.165, 1.54) is 18.2 Å². The van der Waals surface area contributed by atoms with Crippen LogP contribution < -0.4 is 0 Å². The van der Waals surface area contributed by atoms with Crippen LogP contribution in [-0.2, 0) is 14.2 Å². The molecule has 1 aromatic carbocycles. The second kappa shape index (κ2) is 16.5. The minimum absolute atomic E-state index is 0.0294. The van der Waals surface area contributed by atoms with Gasteiger partial charge >= 0.3 is 17.9 Å². The van der Waals surface area contributed by atoms with Crippen LogP contribution in [0, 0.1) is 34.0 Å². The van der Waals surface area contributed by atoms with E-state index in [0.717, 1.165) is 32.1 Å². The van der Waals surface area contributed by atoms with Crippen molar-refractivity contribution < 1.29 is 28.6 Å². The standard InChI is InChI=1S/C36H60O6/c1-25(22-34(4,5)6)15-18-40-31(37)28-13-14-29(32(38)41-19-16-26(2)23-35(7,8)9)30(21-28)33(39)42-20-17-27(3)24-36(10,11)12/h13-14,21,25-27H,15-20,22-24H2,1-12H3. The Labute approximate surface area is 256 Å². The van der Waals surface area contributed by atoms with E-state index in [4.69, 9.17) is 14.2 Å². The first-order valence-electron chi connectivity index (χ1n) is 15.8. The summed E-state index contributed by atoms with van der Waals surface area (Å²) in [6, 6.07) is 4.39. The molecular formula is C36H60O6. The molecule has 0 fully saturated rings. The number of esters is 3. The van der Waals surface area contributed by atoms with E-state index in [1.54, 1.807) is 0 Å². The van der Waals surface area contributed by atoms with Gasteiger partial charge in [0, 0.05) is 0 Å². The second-order valence-electron chi connectivity index (χ2n) is 16.1. The molecule has 0 saturated heterocycles. The minimum atomic E-state index is -0.639. The number of rotatable bonds is 15. The molecule has 0 aliphatic carbocycles. The van der Waals surface area contributed by atoms with Crippen molar-refractivity contribution in [3.63, 3.8) is 0 Å². The van der Waals surface area contributed by atoms with Crippen LogP contribution in [0.2, 0.25) is 0 Å². The van der Waals surface area contributed by atoms with Gasteiger partial charge in [0.05, 0.1) is 36.5 Å². The fraction of sp³-hybridized carbons (Fsp3) is 0.750. The van der Waals surface area contributed by atoms with Gasteiger partial charge in [0.2, 0.25) is 0 Å². The molecule has 3 unspecified atom stereocenters. The Hall–Kier alpha value is -2.37. The van der Waals surface area contributed by atoms with E-state index in [-0.39, 0.29) is 52.8 Å². The lowest BCUT2D eigenvalue weighted by atomic mass is 9.84. The van der Waals surface area contributed by atoms with Crippen LogP contribution in [0.1, 0.15) is 153 Å². The summed E-state index contributed by atoms with van der Waals surface area (Å²) < 4.78 is 16.7. The highest BCUT2D eigenvalue weighted by atomic mass is 16.5. The molecule has 0 amide bonds. The van der Waals surface area contributed by atoms with E-state index in [9.17, 15) is 14.4 Å². The van der Waals surface area contributed by atoms with Crippen molar-refractivity contribution in [2.75, 3.05) is 19.8 Å². The number of hydrogen-bond acceptors (Lipinski definition) is 6. The van der Waals surface area contributed by atoms with Gasteiger partial charge in [0.1, 0.15) is 0 Å². The maximum atomic E-state index is 13.2. The van der Waals surface area contributed by atoms with Crippen LogP contribution in [0.3, 0.4) is 0 Å². The van der Waals surface area contributed by atoms with Gasteiger partial charge < -0.3 is 14.2 Å². The lowest BCUT2D eigenvalue weighted by molar-refractivity contribution is 0.0428. The quantitative estimate of drug-likeness (QED) is 0.150. The molecule has 1 rings (SSSR count). The average molecular weight is 589 g/mol. The summed E-state index contributed by atoms with van der Waals surface area (Å²) in [4.78, 5) is 39.1. The molecule has 0 aromatic heterocycles. The van der Waals surface area contributed by atoms with E-state index < -0.39 is 17.9 Å². The zero-order valence-electron chi connectivity index (χ0n) is 28.8. The van der Waals surface area contributed by atoms with E-state index >= 15 is 0 Å². The molecule has 0 spiro atoms. The van der Waals surface area contributed by atoms with E-state index in [2.05, 4.69) is 83.1 Å². The Balaban J connectivity index is 2.99. The molecule has 42 heavy (non-hydrogen) atoms. The molecule has 6 nitrogen and oxygen atoms in total. The fourth-order valence-corrected chi connectivity index (χ4v) is 5.76. The Bertz CT molecular complexity index is 1010.